The van der Waals surface area contributed by atoms with Gasteiger partial charge in [-0.05, 0) is 44.0 Å². The van der Waals surface area contributed by atoms with E-state index in [1.807, 2.05) is 19.1 Å². The van der Waals surface area contributed by atoms with Gasteiger partial charge in [0.2, 0.25) is 0 Å². The van der Waals surface area contributed by atoms with Gasteiger partial charge in [-0.3, -0.25) is 0 Å². The van der Waals surface area contributed by atoms with Gasteiger partial charge in [0.1, 0.15) is 0 Å². The van der Waals surface area contributed by atoms with Gasteiger partial charge in [0.05, 0.1) is 16.7 Å². The highest BCUT2D eigenvalue weighted by Crippen LogP contribution is 2.27. The Morgan fingerprint density at radius 2 is 2.25 bits per heavy atom. The van der Waals surface area contributed by atoms with E-state index in [9.17, 15) is 0 Å². The van der Waals surface area contributed by atoms with Gasteiger partial charge in [-0.25, -0.2) is 4.98 Å². The number of hydrogen-bond acceptors (Lipinski definition) is 3. The van der Waals surface area contributed by atoms with Crippen molar-refractivity contribution in [3.8, 4) is 0 Å². The second kappa shape index (κ2) is 7.55. The van der Waals surface area contributed by atoms with Crippen molar-refractivity contribution >= 4 is 38.9 Å². The first kappa shape index (κ1) is 16.0. The van der Waals surface area contributed by atoms with Gasteiger partial charge in [0.25, 0.3) is 0 Å². The third-order valence-corrected chi connectivity index (χ3v) is 4.71. The van der Waals surface area contributed by atoms with Crippen molar-refractivity contribution in [1.29, 1.82) is 0 Å². The number of aromatic nitrogens is 1. The maximum Gasteiger partial charge on any atom is 0.0898 e. The van der Waals surface area contributed by atoms with E-state index in [2.05, 4.69) is 44.6 Å². The number of benzene rings is 1. The molecular formula is C15H18BrClN2S. The minimum Gasteiger partial charge on any atom is -0.308 e. The van der Waals surface area contributed by atoms with E-state index in [4.69, 9.17) is 11.6 Å². The molecule has 0 spiro atoms. The standard InChI is InChI=1S/C15H18BrClN2S/c1-3-6-18-14(15-9-20-10(2)19-15)7-11-4-5-12(16)8-13(11)17/h4-5,8-9,14,18H,3,6-7H2,1-2H3. The number of hydrogen-bond donors (Lipinski definition) is 1. The first-order chi connectivity index (χ1) is 9.60. The fraction of sp³-hybridized carbons (Fsp3) is 0.400. The number of rotatable bonds is 6. The number of aryl methyl sites for hydroxylation is 1. The molecule has 0 aliphatic carbocycles. The summed E-state index contributed by atoms with van der Waals surface area (Å²) in [6.07, 6.45) is 1.96. The van der Waals surface area contributed by atoms with Gasteiger partial charge in [-0.2, -0.15) is 0 Å². The molecule has 2 rings (SSSR count). The average Bonchev–Trinajstić information content (AvgIpc) is 2.83. The molecule has 1 heterocycles. The Balaban J connectivity index is 2.18. The van der Waals surface area contributed by atoms with Gasteiger partial charge in [0, 0.05) is 14.9 Å². The Bertz CT molecular complexity index is 571. The van der Waals surface area contributed by atoms with Crippen LogP contribution in [0.2, 0.25) is 5.02 Å². The third kappa shape index (κ3) is 4.29. The number of nitrogens with zero attached hydrogens (tertiary/aromatic N) is 1. The Kier molecular flexibility index (Phi) is 6.02. The van der Waals surface area contributed by atoms with Crippen LogP contribution in [-0.4, -0.2) is 11.5 Å². The van der Waals surface area contributed by atoms with Gasteiger partial charge < -0.3 is 5.32 Å². The molecule has 1 aromatic carbocycles. The van der Waals surface area contributed by atoms with Crippen LogP contribution in [-0.2, 0) is 6.42 Å². The summed E-state index contributed by atoms with van der Waals surface area (Å²) in [5.41, 5.74) is 2.26. The fourth-order valence-corrected chi connectivity index (χ4v) is 3.46. The third-order valence-electron chi connectivity index (χ3n) is 3.07. The topological polar surface area (TPSA) is 24.9 Å². The molecule has 1 N–H and O–H groups in total. The molecule has 0 saturated carbocycles. The van der Waals surface area contributed by atoms with Crippen LogP contribution < -0.4 is 5.32 Å². The van der Waals surface area contributed by atoms with Crippen LogP contribution in [0.1, 0.15) is 35.7 Å². The zero-order valence-corrected chi connectivity index (χ0v) is 14.8. The first-order valence-corrected chi connectivity index (χ1v) is 8.74. The van der Waals surface area contributed by atoms with Gasteiger partial charge in [0.15, 0.2) is 0 Å². The van der Waals surface area contributed by atoms with Crippen LogP contribution in [0, 0.1) is 6.92 Å². The SMILES string of the molecule is CCCNC(Cc1ccc(Br)cc1Cl)c1csc(C)n1. The lowest BCUT2D eigenvalue weighted by Crippen LogP contribution is -2.24. The van der Waals surface area contributed by atoms with Crippen molar-refractivity contribution < 1.29 is 0 Å². The highest BCUT2D eigenvalue weighted by atomic mass is 79.9. The minimum atomic E-state index is 0.221. The van der Waals surface area contributed by atoms with E-state index >= 15 is 0 Å². The van der Waals surface area contributed by atoms with Crippen LogP contribution in [0.4, 0.5) is 0 Å². The highest BCUT2D eigenvalue weighted by Gasteiger charge is 2.16. The van der Waals surface area contributed by atoms with Crippen LogP contribution in [0.25, 0.3) is 0 Å². The van der Waals surface area contributed by atoms with E-state index < -0.39 is 0 Å². The van der Waals surface area contributed by atoms with Crippen molar-refractivity contribution in [3.05, 3.63) is 49.3 Å². The summed E-state index contributed by atoms with van der Waals surface area (Å²) in [5, 5.41) is 7.60. The summed E-state index contributed by atoms with van der Waals surface area (Å²) in [6.45, 7) is 5.19. The maximum atomic E-state index is 6.32. The molecule has 20 heavy (non-hydrogen) atoms. The number of halogens is 2. The fourth-order valence-electron chi connectivity index (χ4n) is 2.05. The van der Waals surface area contributed by atoms with E-state index in [0.717, 1.165) is 45.1 Å². The molecule has 2 aromatic rings. The average molecular weight is 374 g/mol. The molecule has 0 bridgehead atoms. The summed E-state index contributed by atoms with van der Waals surface area (Å²) >= 11 is 11.5. The zero-order chi connectivity index (χ0) is 14.5. The van der Waals surface area contributed by atoms with Crippen molar-refractivity contribution in [2.45, 2.75) is 32.7 Å². The van der Waals surface area contributed by atoms with Crippen molar-refractivity contribution in [2.75, 3.05) is 6.54 Å². The maximum absolute atomic E-state index is 6.32. The smallest absolute Gasteiger partial charge is 0.0898 e. The molecule has 1 unspecified atom stereocenters. The molecule has 0 amide bonds. The molecule has 1 aromatic heterocycles. The molecule has 0 radical (unpaired) electrons. The molecule has 0 fully saturated rings. The lowest BCUT2D eigenvalue weighted by atomic mass is 10.0. The van der Waals surface area contributed by atoms with Crippen molar-refractivity contribution in [3.63, 3.8) is 0 Å². The lowest BCUT2D eigenvalue weighted by Gasteiger charge is -2.17. The van der Waals surface area contributed by atoms with E-state index in [1.165, 1.54) is 0 Å². The van der Waals surface area contributed by atoms with Crippen LogP contribution in [0.5, 0.6) is 0 Å². The zero-order valence-electron chi connectivity index (χ0n) is 11.6. The summed E-state index contributed by atoms with van der Waals surface area (Å²) in [5.74, 6) is 0. The Morgan fingerprint density at radius 3 is 2.85 bits per heavy atom. The molecule has 108 valence electrons. The first-order valence-electron chi connectivity index (χ1n) is 6.69. The molecule has 0 aliphatic rings. The monoisotopic (exact) mass is 372 g/mol. The Morgan fingerprint density at radius 1 is 1.45 bits per heavy atom. The summed E-state index contributed by atoms with van der Waals surface area (Å²) in [4.78, 5) is 4.61. The Labute approximate surface area is 137 Å². The van der Waals surface area contributed by atoms with Crippen molar-refractivity contribution in [1.82, 2.24) is 10.3 Å². The molecule has 5 heteroatoms. The summed E-state index contributed by atoms with van der Waals surface area (Å²) < 4.78 is 1.01. The van der Waals surface area contributed by atoms with E-state index in [0.29, 0.717) is 0 Å². The predicted molar refractivity (Wildman–Crippen MR) is 90.7 cm³/mol. The normalized spacial score (nSPS) is 12.6. The molecule has 0 saturated heterocycles. The summed E-state index contributed by atoms with van der Waals surface area (Å²) in [7, 11) is 0. The molecule has 0 aliphatic heterocycles. The van der Waals surface area contributed by atoms with Crippen LogP contribution in [0.15, 0.2) is 28.1 Å². The highest BCUT2D eigenvalue weighted by molar-refractivity contribution is 9.10. The molecule has 1 atom stereocenters. The lowest BCUT2D eigenvalue weighted by molar-refractivity contribution is 0.519. The van der Waals surface area contributed by atoms with Gasteiger partial charge >= 0.3 is 0 Å². The Hall–Kier alpha value is -0.420. The number of thiazole rings is 1. The van der Waals surface area contributed by atoms with Gasteiger partial charge in [-0.1, -0.05) is 40.5 Å². The van der Waals surface area contributed by atoms with E-state index in [-0.39, 0.29) is 6.04 Å². The number of nitrogens with one attached hydrogen (secondary N) is 1. The van der Waals surface area contributed by atoms with Crippen LogP contribution in [0.3, 0.4) is 0 Å². The quantitative estimate of drug-likeness (QED) is 0.757. The van der Waals surface area contributed by atoms with Gasteiger partial charge in [-0.15, -0.1) is 11.3 Å². The minimum absolute atomic E-state index is 0.221. The predicted octanol–water partition coefficient (Wildman–Crippen LogP) is 5.15. The largest absolute Gasteiger partial charge is 0.308 e. The molecular weight excluding hydrogens is 356 g/mol. The second-order valence-electron chi connectivity index (χ2n) is 4.74. The van der Waals surface area contributed by atoms with Crippen LogP contribution >= 0.6 is 38.9 Å². The van der Waals surface area contributed by atoms with Crippen molar-refractivity contribution in [2.24, 2.45) is 0 Å². The molecule has 2 nitrogen and oxygen atoms in total. The van der Waals surface area contributed by atoms with E-state index in [1.54, 1.807) is 11.3 Å². The second-order valence-corrected chi connectivity index (χ2v) is 7.12. The summed E-state index contributed by atoms with van der Waals surface area (Å²) in [6, 6.07) is 6.27.